The molecular formula is C17H25N9. The van der Waals surface area contributed by atoms with E-state index in [1.54, 1.807) is 6.33 Å². The van der Waals surface area contributed by atoms with Crippen LogP contribution in [0.15, 0.2) is 18.5 Å². The van der Waals surface area contributed by atoms with Crippen LogP contribution in [0.3, 0.4) is 0 Å². The Balaban J connectivity index is 1.46. The first kappa shape index (κ1) is 16.9. The van der Waals surface area contributed by atoms with Crippen LogP contribution in [0.2, 0.25) is 0 Å². The number of nitrogens with zero attached hydrogens (tertiary/aromatic N) is 9. The van der Waals surface area contributed by atoms with E-state index in [2.05, 4.69) is 58.0 Å². The smallest absolute Gasteiger partial charge is 0.178 e. The lowest BCUT2D eigenvalue weighted by Gasteiger charge is -2.44. The van der Waals surface area contributed by atoms with E-state index in [1.807, 2.05) is 28.3 Å². The quantitative estimate of drug-likeness (QED) is 0.687. The lowest BCUT2D eigenvalue weighted by molar-refractivity contribution is 0.190. The zero-order valence-electron chi connectivity index (χ0n) is 16.0. The molecule has 0 atom stereocenters. The third-order valence-electron chi connectivity index (χ3n) is 4.93. The van der Waals surface area contributed by atoms with Gasteiger partial charge in [-0.15, -0.1) is 25.5 Å². The van der Waals surface area contributed by atoms with Crippen LogP contribution in [0, 0.1) is 0 Å². The van der Waals surface area contributed by atoms with E-state index in [4.69, 9.17) is 5.10 Å². The minimum Gasteiger partial charge on any atom is -0.352 e. The Hall–Kier alpha value is -2.55. The van der Waals surface area contributed by atoms with Gasteiger partial charge in [0, 0.05) is 31.6 Å². The van der Waals surface area contributed by atoms with Crippen molar-refractivity contribution < 1.29 is 0 Å². The molecule has 1 aliphatic rings. The van der Waals surface area contributed by atoms with Crippen LogP contribution in [0.4, 0.5) is 5.82 Å². The second kappa shape index (κ2) is 6.01. The molecule has 3 aromatic heterocycles. The van der Waals surface area contributed by atoms with Gasteiger partial charge in [-0.25, -0.2) is 0 Å². The van der Waals surface area contributed by atoms with Gasteiger partial charge < -0.3 is 9.47 Å². The van der Waals surface area contributed by atoms with Crippen LogP contribution in [0.25, 0.3) is 5.65 Å². The number of hydrogen-bond donors (Lipinski definition) is 0. The Morgan fingerprint density at radius 1 is 1.15 bits per heavy atom. The van der Waals surface area contributed by atoms with Gasteiger partial charge >= 0.3 is 0 Å². The predicted molar refractivity (Wildman–Crippen MR) is 98.0 cm³/mol. The molecule has 1 aliphatic heterocycles. The van der Waals surface area contributed by atoms with Crippen molar-refractivity contribution in [3.8, 4) is 0 Å². The van der Waals surface area contributed by atoms with Crippen molar-refractivity contribution in [2.75, 3.05) is 25.0 Å². The maximum atomic E-state index is 4.78. The number of fused-ring (bicyclic) bond motifs is 1. The molecule has 138 valence electrons. The number of rotatable bonds is 4. The summed E-state index contributed by atoms with van der Waals surface area (Å²) in [5, 5.41) is 21.4. The molecule has 4 heterocycles. The molecule has 0 spiro atoms. The predicted octanol–water partition coefficient (Wildman–Crippen LogP) is 0.871. The van der Waals surface area contributed by atoms with Gasteiger partial charge in [0.25, 0.3) is 0 Å². The molecule has 0 bridgehead atoms. The van der Waals surface area contributed by atoms with E-state index in [0.29, 0.717) is 6.04 Å². The van der Waals surface area contributed by atoms with Crippen molar-refractivity contribution >= 4 is 11.5 Å². The van der Waals surface area contributed by atoms with Crippen molar-refractivity contribution in [3.05, 3.63) is 30.1 Å². The summed E-state index contributed by atoms with van der Waals surface area (Å²) < 4.78 is 3.83. The van der Waals surface area contributed by atoms with Gasteiger partial charge in [-0.2, -0.15) is 4.52 Å². The molecule has 1 saturated heterocycles. The van der Waals surface area contributed by atoms with Gasteiger partial charge in [0.15, 0.2) is 11.5 Å². The summed E-state index contributed by atoms with van der Waals surface area (Å²) in [5.41, 5.74) is 0.689. The van der Waals surface area contributed by atoms with E-state index in [0.717, 1.165) is 42.7 Å². The fraction of sp³-hybridized carbons (Fsp3) is 0.588. The van der Waals surface area contributed by atoms with Gasteiger partial charge in [-0.1, -0.05) is 20.8 Å². The lowest BCUT2D eigenvalue weighted by atomic mass is 9.96. The number of hydrogen-bond acceptors (Lipinski definition) is 7. The molecule has 3 aromatic rings. The topological polar surface area (TPSA) is 80.3 Å². The highest BCUT2D eigenvalue weighted by Crippen LogP contribution is 2.25. The summed E-state index contributed by atoms with van der Waals surface area (Å²) >= 11 is 0. The number of anilines is 1. The Morgan fingerprint density at radius 3 is 2.58 bits per heavy atom. The van der Waals surface area contributed by atoms with Crippen LogP contribution < -0.4 is 4.90 Å². The lowest BCUT2D eigenvalue weighted by Crippen LogP contribution is -2.58. The van der Waals surface area contributed by atoms with E-state index in [9.17, 15) is 0 Å². The Morgan fingerprint density at radius 2 is 1.92 bits per heavy atom. The van der Waals surface area contributed by atoms with E-state index in [-0.39, 0.29) is 5.41 Å². The van der Waals surface area contributed by atoms with Crippen molar-refractivity contribution in [1.82, 2.24) is 39.5 Å². The molecule has 0 unspecified atom stereocenters. The van der Waals surface area contributed by atoms with Crippen LogP contribution in [-0.2, 0) is 19.0 Å². The minimum absolute atomic E-state index is 0.0984. The highest BCUT2D eigenvalue weighted by atomic mass is 15.4. The van der Waals surface area contributed by atoms with Gasteiger partial charge in [0.2, 0.25) is 0 Å². The second-order valence-electron chi connectivity index (χ2n) is 8.07. The number of aromatic nitrogens is 7. The fourth-order valence-corrected chi connectivity index (χ4v) is 3.14. The average Bonchev–Trinajstić information content (AvgIpc) is 3.11. The summed E-state index contributed by atoms with van der Waals surface area (Å²) in [6, 6.07) is 4.49. The fourth-order valence-electron chi connectivity index (χ4n) is 3.14. The zero-order valence-corrected chi connectivity index (χ0v) is 16.0. The molecule has 0 aromatic carbocycles. The number of likely N-dealkylation sites (N-methyl/N-ethyl adjacent to an activating group) is 1. The average molecular weight is 355 g/mol. The standard InChI is InChI=1S/C17H25N9/c1-17(2,3)16-21-20-13-6-7-14(22-26(13)16)25-8-12(9-25)23(4)10-15-19-18-11-24(15)5/h6-7,11-12H,8-10H2,1-5H3. The highest BCUT2D eigenvalue weighted by molar-refractivity contribution is 5.48. The first-order chi connectivity index (χ1) is 12.3. The molecule has 0 amide bonds. The van der Waals surface area contributed by atoms with Crippen molar-refractivity contribution in [2.24, 2.45) is 7.05 Å². The summed E-state index contributed by atoms with van der Waals surface area (Å²) in [6.45, 7) is 9.05. The number of aryl methyl sites for hydroxylation is 1. The molecule has 0 aliphatic carbocycles. The summed E-state index contributed by atoms with van der Waals surface area (Å²) in [7, 11) is 4.10. The molecule has 0 radical (unpaired) electrons. The van der Waals surface area contributed by atoms with Crippen molar-refractivity contribution in [3.63, 3.8) is 0 Å². The molecule has 4 rings (SSSR count). The molecule has 1 fully saturated rings. The Bertz CT molecular complexity index is 914. The van der Waals surface area contributed by atoms with E-state index >= 15 is 0 Å². The molecular weight excluding hydrogens is 330 g/mol. The Kier molecular flexibility index (Phi) is 3.91. The third kappa shape index (κ3) is 2.92. The van der Waals surface area contributed by atoms with E-state index in [1.165, 1.54) is 0 Å². The van der Waals surface area contributed by atoms with Crippen molar-refractivity contribution in [2.45, 2.75) is 38.8 Å². The SMILES string of the molecule is CN(Cc1nncn1C)C1CN(c2ccc3nnc(C(C)(C)C)n3n2)C1. The first-order valence-electron chi connectivity index (χ1n) is 8.84. The zero-order chi connectivity index (χ0) is 18.5. The molecule has 0 N–H and O–H groups in total. The van der Waals surface area contributed by atoms with Crippen LogP contribution in [0.1, 0.15) is 32.4 Å². The normalized spacial score (nSPS) is 15.8. The summed E-state index contributed by atoms with van der Waals surface area (Å²) in [4.78, 5) is 4.60. The first-order valence-corrected chi connectivity index (χ1v) is 8.84. The summed E-state index contributed by atoms with van der Waals surface area (Å²) in [6.07, 6.45) is 1.74. The van der Waals surface area contributed by atoms with Gasteiger partial charge in [-0.05, 0) is 19.2 Å². The largest absolute Gasteiger partial charge is 0.352 e. The monoisotopic (exact) mass is 355 g/mol. The molecule has 9 nitrogen and oxygen atoms in total. The van der Waals surface area contributed by atoms with Crippen molar-refractivity contribution in [1.29, 1.82) is 0 Å². The third-order valence-corrected chi connectivity index (χ3v) is 4.93. The molecule has 9 heteroatoms. The Labute approximate surface area is 152 Å². The maximum absolute atomic E-state index is 4.78. The van der Waals surface area contributed by atoms with Gasteiger partial charge in [-0.3, -0.25) is 4.90 Å². The molecule has 0 saturated carbocycles. The summed E-state index contributed by atoms with van der Waals surface area (Å²) in [5.74, 6) is 2.82. The van der Waals surface area contributed by atoms with Gasteiger partial charge in [0.1, 0.15) is 18.0 Å². The second-order valence-corrected chi connectivity index (χ2v) is 8.07. The van der Waals surface area contributed by atoms with E-state index < -0.39 is 0 Å². The van der Waals surface area contributed by atoms with Crippen LogP contribution >= 0.6 is 0 Å². The van der Waals surface area contributed by atoms with Crippen LogP contribution in [0.5, 0.6) is 0 Å². The molecule has 26 heavy (non-hydrogen) atoms. The minimum atomic E-state index is -0.0984. The van der Waals surface area contributed by atoms with Crippen LogP contribution in [-0.4, -0.2) is 65.7 Å². The van der Waals surface area contributed by atoms with Gasteiger partial charge in [0.05, 0.1) is 6.54 Å². The maximum Gasteiger partial charge on any atom is 0.178 e. The highest BCUT2D eigenvalue weighted by Gasteiger charge is 2.32.